The number of hydrogen-bond donors (Lipinski definition) is 1. The molecule has 2 aromatic carbocycles. The Morgan fingerprint density at radius 3 is 2.08 bits per heavy atom. The highest BCUT2D eigenvalue weighted by Gasteiger charge is 2.32. The van der Waals surface area contributed by atoms with E-state index in [4.69, 9.17) is 14.2 Å². The number of methoxy groups -OCH3 is 3. The number of rotatable bonds is 14. The number of nitrogens with zero attached hydrogens (tertiary/aromatic N) is 2. The average molecular weight is 536 g/mol. The Kier molecular flexibility index (Phi) is 11.0. The molecule has 0 aromatic heterocycles. The first-order valence-corrected chi connectivity index (χ1v) is 13.8. The van der Waals surface area contributed by atoms with Gasteiger partial charge in [-0.25, -0.2) is 8.42 Å². The largest absolute Gasteiger partial charge is 0.497 e. The van der Waals surface area contributed by atoms with E-state index in [1.54, 1.807) is 43.5 Å². The van der Waals surface area contributed by atoms with Crippen molar-refractivity contribution >= 4 is 27.5 Å². The summed E-state index contributed by atoms with van der Waals surface area (Å²) in [6, 6.07) is 11.0. The summed E-state index contributed by atoms with van der Waals surface area (Å²) >= 11 is 0. The highest BCUT2D eigenvalue weighted by atomic mass is 32.2. The van der Waals surface area contributed by atoms with Crippen LogP contribution in [0.3, 0.4) is 0 Å². The van der Waals surface area contributed by atoms with Crippen LogP contribution in [0.25, 0.3) is 0 Å². The van der Waals surface area contributed by atoms with E-state index < -0.39 is 28.5 Å². The molecule has 1 unspecified atom stereocenters. The molecule has 1 N–H and O–H groups in total. The predicted octanol–water partition coefficient (Wildman–Crippen LogP) is 2.81. The molecule has 2 aromatic rings. The zero-order valence-corrected chi connectivity index (χ0v) is 23.1. The van der Waals surface area contributed by atoms with E-state index in [0.29, 0.717) is 24.5 Å². The summed E-state index contributed by atoms with van der Waals surface area (Å²) in [6.07, 6.45) is 2.10. The summed E-state index contributed by atoms with van der Waals surface area (Å²) < 4.78 is 42.5. The van der Waals surface area contributed by atoms with E-state index >= 15 is 0 Å². The maximum atomic E-state index is 13.8. The molecule has 0 bridgehead atoms. The van der Waals surface area contributed by atoms with Crippen LogP contribution in [0.2, 0.25) is 0 Å². The SMILES string of the molecule is CCCNC(=O)C(CC)N(Cc1ccc(OC)cc1)C(=O)CN(c1cc(OC)ccc1OC)S(C)(=O)=O. The van der Waals surface area contributed by atoms with Crippen LogP contribution >= 0.6 is 0 Å². The number of sulfonamides is 1. The van der Waals surface area contributed by atoms with Crippen LogP contribution in [0.5, 0.6) is 17.2 Å². The van der Waals surface area contributed by atoms with E-state index in [2.05, 4.69) is 5.32 Å². The number of carbonyl (C=O) groups is 2. The molecule has 11 heteroatoms. The molecule has 37 heavy (non-hydrogen) atoms. The third-order valence-corrected chi connectivity index (χ3v) is 6.91. The Hall–Kier alpha value is -3.47. The number of hydrogen-bond acceptors (Lipinski definition) is 7. The van der Waals surface area contributed by atoms with E-state index in [1.165, 1.54) is 25.2 Å². The highest BCUT2D eigenvalue weighted by Crippen LogP contribution is 2.34. The minimum atomic E-state index is -3.92. The number of nitrogens with one attached hydrogen (secondary N) is 1. The fourth-order valence-electron chi connectivity index (χ4n) is 3.80. The van der Waals surface area contributed by atoms with Gasteiger partial charge in [-0.3, -0.25) is 13.9 Å². The van der Waals surface area contributed by atoms with Gasteiger partial charge >= 0.3 is 0 Å². The van der Waals surface area contributed by atoms with Gasteiger partial charge in [0.05, 0.1) is 33.3 Å². The fraction of sp³-hybridized carbons (Fsp3) is 0.462. The highest BCUT2D eigenvalue weighted by molar-refractivity contribution is 7.92. The molecule has 10 nitrogen and oxygen atoms in total. The van der Waals surface area contributed by atoms with Crippen molar-refractivity contribution in [2.45, 2.75) is 39.3 Å². The van der Waals surface area contributed by atoms with E-state index in [9.17, 15) is 18.0 Å². The maximum absolute atomic E-state index is 13.8. The first-order chi connectivity index (χ1) is 17.6. The molecule has 0 saturated heterocycles. The number of carbonyl (C=O) groups excluding carboxylic acids is 2. The smallest absolute Gasteiger partial charge is 0.244 e. The lowest BCUT2D eigenvalue weighted by molar-refractivity contribution is -0.140. The van der Waals surface area contributed by atoms with Crippen LogP contribution in [0.4, 0.5) is 5.69 Å². The number of anilines is 1. The third-order valence-electron chi connectivity index (χ3n) is 5.78. The summed E-state index contributed by atoms with van der Waals surface area (Å²) in [6.45, 7) is 3.79. The van der Waals surface area contributed by atoms with Crippen LogP contribution in [0, 0.1) is 0 Å². The normalized spacial score (nSPS) is 11.8. The van der Waals surface area contributed by atoms with Gasteiger partial charge in [0.2, 0.25) is 21.8 Å². The lowest BCUT2D eigenvalue weighted by Gasteiger charge is -2.33. The minimum absolute atomic E-state index is 0.105. The lowest BCUT2D eigenvalue weighted by Crippen LogP contribution is -2.52. The standard InChI is InChI=1S/C26H37N3O7S/c1-7-15-27-26(31)22(8-2)28(17-19-9-11-20(34-3)12-10-19)25(30)18-29(37(6,32)33)23-16-21(35-4)13-14-24(23)36-5/h9-14,16,22H,7-8,15,17-18H2,1-6H3,(H,27,31). The zero-order valence-electron chi connectivity index (χ0n) is 22.3. The second-order valence-corrected chi connectivity index (χ2v) is 10.3. The Bertz CT molecular complexity index is 1150. The topological polar surface area (TPSA) is 114 Å². The summed E-state index contributed by atoms with van der Waals surface area (Å²) in [7, 11) is 0.507. The van der Waals surface area contributed by atoms with Gasteiger partial charge in [0.1, 0.15) is 29.8 Å². The van der Waals surface area contributed by atoms with Crippen LogP contribution in [0.1, 0.15) is 32.3 Å². The van der Waals surface area contributed by atoms with Gasteiger partial charge in [-0.1, -0.05) is 26.0 Å². The van der Waals surface area contributed by atoms with Crippen molar-refractivity contribution in [3.63, 3.8) is 0 Å². The van der Waals surface area contributed by atoms with Gasteiger partial charge < -0.3 is 24.4 Å². The van der Waals surface area contributed by atoms with E-state index in [-0.39, 0.29) is 23.9 Å². The molecule has 0 aliphatic heterocycles. The molecule has 1 atom stereocenters. The van der Waals surface area contributed by atoms with Crippen molar-refractivity contribution in [3.05, 3.63) is 48.0 Å². The van der Waals surface area contributed by atoms with Gasteiger partial charge in [0, 0.05) is 19.2 Å². The molecule has 2 amide bonds. The summed E-state index contributed by atoms with van der Waals surface area (Å²) in [5.41, 5.74) is 0.923. The van der Waals surface area contributed by atoms with Crippen LogP contribution < -0.4 is 23.8 Å². The summed E-state index contributed by atoms with van der Waals surface area (Å²) in [4.78, 5) is 28.2. The van der Waals surface area contributed by atoms with Crippen LogP contribution in [-0.2, 0) is 26.2 Å². The quantitative estimate of drug-likeness (QED) is 0.396. The monoisotopic (exact) mass is 535 g/mol. The molecule has 0 aliphatic rings. The maximum Gasteiger partial charge on any atom is 0.244 e. The van der Waals surface area contributed by atoms with Gasteiger partial charge in [0.25, 0.3) is 0 Å². The van der Waals surface area contributed by atoms with Gasteiger partial charge in [-0.2, -0.15) is 0 Å². The molecule has 0 radical (unpaired) electrons. The second-order valence-electron chi connectivity index (χ2n) is 8.39. The molecule has 0 saturated carbocycles. The minimum Gasteiger partial charge on any atom is -0.497 e. The number of amides is 2. The molecular weight excluding hydrogens is 498 g/mol. The Balaban J connectivity index is 2.50. The lowest BCUT2D eigenvalue weighted by atomic mass is 10.1. The van der Waals surface area contributed by atoms with Crippen molar-refractivity contribution in [2.75, 3.05) is 45.0 Å². The zero-order chi connectivity index (χ0) is 27.6. The molecule has 0 spiro atoms. The van der Waals surface area contributed by atoms with Crippen LogP contribution in [-0.4, -0.2) is 71.8 Å². The molecule has 0 fully saturated rings. The average Bonchev–Trinajstić information content (AvgIpc) is 2.89. The molecule has 0 aliphatic carbocycles. The van der Waals surface area contributed by atoms with Gasteiger partial charge in [-0.15, -0.1) is 0 Å². The second kappa shape index (κ2) is 13.7. The number of ether oxygens (including phenoxy) is 3. The van der Waals surface area contributed by atoms with Crippen LogP contribution in [0.15, 0.2) is 42.5 Å². The predicted molar refractivity (Wildman–Crippen MR) is 143 cm³/mol. The summed E-state index contributed by atoms with van der Waals surface area (Å²) in [5, 5.41) is 2.85. The molecule has 2 rings (SSSR count). The van der Waals surface area contributed by atoms with Crippen molar-refractivity contribution in [1.29, 1.82) is 0 Å². The number of benzene rings is 2. The molecule has 0 heterocycles. The summed E-state index contributed by atoms with van der Waals surface area (Å²) in [5.74, 6) is 0.481. The van der Waals surface area contributed by atoms with Gasteiger partial charge in [0.15, 0.2) is 0 Å². The van der Waals surface area contributed by atoms with Crippen molar-refractivity contribution in [2.24, 2.45) is 0 Å². The Labute approximate surface area is 219 Å². The van der Waals surface area contributed by atoms with E-state index in [0.717, 1.165) is 22.5 Å². The molecular formula is C26H37N3O7S. The van der Waals surface area contributed by atoms with Crippen molar-refractivity contribution in [3.8, 4) is 17.2 Å². The third kappa shape index (κ3) is 8.01. The Morgan fingerprint density at radius 2 is 1.57 bits per heavy atom. The molecule has 204 valence electrons. The Morgan fingerprint density at radius 1 is 0.946 bits per heavy atom. The van der Waals surface area contributed by atoms with E-state index in [1.807, 2.05) is 13.8 Å². The van der Waals surface area contributed by atoms with Crippen molar-refractivity contribution in [1.82, 2.24) is 10.2 Å². The van der Waals surface area contributed by atoms with Crippen molar-refractivity contribution < 1.29 is 32.2 Å². The van der Waals surface area contributed by atoms with Gasteiger partial charge in [-0.05, 0) is 42.7 Å². The first kappa shape index (κ1) is 29.8. The first-order valence-electron chi connectivity index (χ1n) is 12.0. The fourth-order valence-corrected chi connectivity index (χ4v) is 4.64.